The van der Waals surface area contributed by atoms with Crippen molar-refractivity contribution in [2.45, 2.75) is 25.8 Å². The summed E-state index contributed by atoms with van der Waals surface area (Å²) >= 11 is 12.3. The molecule has 4 nitrogen and oxygen atoms in total. The maximum atomic E-state index is 13.3. The van der Waals surface area contributed by atoms with Crippen molar-refractivity contribution in [2.75, 3.05) is 4.90 Å². The molecule has 1 aliphatic rings. The van der Waals surface area contributed by atoms with Gasteiger partial charge in [0.1, 0.15) is 0 Å². The minimum Gasteiger partial charge on any atom is -0.503 e. The topological polar surface area (TPSA) is 57.6 Å². The Morgan fingerprint density at radius 3 is 2.34 bits per heavy atom. The molecule has 162 valence electrons. The van der Waals surface area contributed by atoms with Gasteiger partial charge >= 0.3 is 0 Å². The van der Waals surface area contributed by atoms with Gasteiger partial charge in [-0.15, -0.1) is 0 Å². The maximum absolute atomic E-state index is 13.3. The highest BCUT2D eigenvalue weighted by atomic mass is 35.5. The molecular weight excluding hydrogens is 445 g/mol. The quantitative estimate of drug-likeness (QED) is 0.457. The molecule has 0 bridgehead atoms. The van der Waals surface area contributed by atoms with Crippen molar-refractivity contribution in [3.63, 3.8) is 0 Å². The van der Waals surface area contributed by atoms with E-state index in [0.717, 1.165) is 16.7 Å². The molecule has 0 saturated heterocycles. The SMILES string of the molecule is Cc1ccccc1C1C(C(=O)CCc2ccccc2)=C(O)C(=O)N1c1ccc(Cl)c(Cl)c1. The van der Waals surface area contributed by atoms with E-state index >= 15 is 0 Å². The minimum atomic E-state index is -0.760. The lowest BCUT2D eigenvalue weighted by atomic mass is 9.91. The zero-order valence-corrected chi connectivity index (χ0v) is 18.9. The minimum absolute atomic E-state index is 0.103. The summed E-state index contributed by atoms with van der Waals surface area (Å²) in [5.41, 5.74) is 3.23. The van der Waals surface area contributed by atoms with E-state index in [1.54, 1.807) is 18.2 Å². The number of anilines is 1. The highest BCUT2D eigenvalue weighted by Crippen LogP contribution is 2.43. The van der Waals surface area contributed by atoms with Gasteiger partial charge in [0.25, 0.3) is 5.91 Å². The molecule has 1 amide bonds. The lowest BCUT2D eigenvalue weighted by molar-refractivity contribution is -0.118. The molecule has 1 aliphatic heterocycles. The normalized spacial score (nSPS) is 16.0. The van der Waals surface area contributed by atoms with Crippen LogP contribution in [0.2, 0.25) is 10.0 Å². The molecule has 1 atom stereocenters. The summed E-state index contributed by atoms with van der Waals surface area (Å²) in [4.78, 5) is 27.9. The lowest BCUT2D eigenvalue weighted by Gasteiger charge is -2.28. The van der Waals surface area contributed by atoms with Gasteiger partial charge in [-0.1, -0.05) is 77.8 Å². The van der Waals surface area contributed by atoms with Crippen molar-refractivity contribution in [3.8, 4) is 0 Å². The zero-order valence-electron chi connectivity index (χ0n) is 17.4. The Labute approximate surface area is 196 Å². The number of halogens is 2. The Kier molecular flexibility index (Phi) is 6.35. The van der Waals surface area contributed by atoms with E-state index in [9.17, 15) is 14.7 Å². The molecule has 0 radical (unpaired) electrons. The van der Waals surface area contributed by atoms with Crippen LogP contribution in [0.3, 0.4) is 0 Å². The smallest absolute Gasteiger partial charge is 0.294 e. The molecule has 0 aromatic heterocycles. The number of aliphatic hydroxyl groups is 1. The van der Waals surface area contributed by atoms with Crippen molar-refractivity contribution in [2.24, 2.45) is 0 Å². The van der Waals surface area contributed by atoms with E-state index in [4.69, 9.17) is 23.2 Å². The van der Waals surface area contributed by atoms with Crippen LogP contribution >= 0.6 is 23.2 Å². The summed E-state index contributed by atoms with van der Waals surface area (Å²) in [7, 11) is 0. The fourth-order valence-electron chi connectivity index (χ4n) is 4.02. The van der Waals surface area contributed by atoms with Crippen LogP contribution in [-0.2, 0) is 16.0 Å². The second kappa shape index (κ2) is 9.19. The van der Waals surface area contributed by atoms with Crippen LogP contribution in [0.25, 0.3) is 0 Å². The molecule has 32 heavy (non-hydrogen) atoms. The molecule has 0 fully saturated rings. The summed E-state index contributed by atoms with van der Waals surface area (Å²) in [6, 6.07) is 21.2. The van der Waals surface area contributed by atoms with E-state index in [2.05, 4.69) is 0 Å². The van der Waals surface area contributed by atoms with Crippen LogP contribution in [-0.4, -0.2) is 16.8 Å². The Morgan fingerprint density at radius 1 is 0.969 bits per heavy atom. The van der Waals surface area contributed by atoms with E-state index in [0.29, 0.717) is 17.1 Å². The van der Waals surface area contributed by atoms with Crippen LogP contribution in [0.5, 0.6) is 0 Å². The molecule has 4 rings (SSSR count). The van der Waals surface area contributed by atoms with Crippen LogP contribution in [0.1, 0.15) is 29.2 Å². The summed E-state index contributed by atoms with van der Waals surface area (Å²) in [6.45, 7) is 1.91. The Balaban J connectivity index is 1.76. The third kappa shape index (κ3) is 4.16. The van der Waals surface area contributed by atoms with Gasteiger partial charge in [0.05, 0.1) is 21.7 Å². The summed E-state index contributed by atoms with van der Waals surface area (Å²) in [5.74, 6) is -1.43. The molecule has 1 heterocycles. The maximum Gasteiger partial charge on any atom is 0.294 e. The number of hydrogen-bond donors (Lipinski definition) is 1. The third-order valence-corrected chi connectivity index (χ3v) is 6.40. The van der Waals surface area contributed by atoms with Gasteiger partial charge in [0.2, 0.25) is 0 Å². The fraction of sp³-hybridized carbons (Fsp3) is 0.154. The third-order valence-electron chi connectivity index (χ3n) is 5.66. The standard InChI is InChI=1S/C26H21Cl2NO3/c1-16-7-5-6-10-19(16)24-23(22(30)14-11-17-8-3-2-4-9-17)25(31)26(32)29(24)18-12-13-20(27)21(28)15-18/h2-10,12-13,15,24,31H,11,14H2,1H3. The molecule has 0 aliphatic carbocycles. The van der Waals surface area contributed by atoms with Crippen molar-refractivity contribution in [1.29, 1.82) is 0 Å². The van der Waals surface area contributed by atoms with Gasteiger partial charge in [-0.05, 0) is 48.2 Å². The number of aryl methyl sites for hydroxylation is 2. The lowest BCUT2D eigenvalue weighted by Crippen LogP contribution is -2.31. The van der Waals surface area contributed by atoms with Crippen LogP contribution in [0.4, 0.5) is 5.69 Å². The molecule has 6 heteroatoms. The van der Waals surface area contributed by atoms with Gasteiger partial charge in [-0.2, -0.15) is 0 Å². The summed E-state index contributed by atoms with van der Waals surface area (Å²) in [5, 5.41) is 11.4. The predicted octanol–water partition coefficient (Wildman–Crippen LogP) is 6.40. The number of carbonyl (C=O) groups is 2. The Hall–Kier alpha value is -3.08. The van der Waals surface area contributed by atoms with Crippen molar-refractivity contribution in [1.82, 2.24) is 0 Å². The van der Waals surface area contributed by atoms with Gasteiger partial charge in [0.15, 0.2) is 11.5 Å². The average molecular weight is 466 g/mol. The number of Topliss-reactive ketones (excluding diaryl/α,β-unsaturated/α-hetero) is 1. The van der Waals surface area contributed by atoms with E-state index in [1.807, 2.05) is 61.5 Å². The molecule has 1 N–H and O–H groups in total. The molecular formula is C26H21Cl2NO3. The van der Waals surface area contributed by atoms with E-state index < -0.39 is 17.7 Å². The number of nitrogens with zero attached hydrogens (tertiary/aromatic N) is 1. The fourth-order valence-corrected chi connectivity index (χ4v) is 4.31. The number of carbonyl (C=O) groups excluding carboxylic acids is 2. The molecule has 1 unspecified atom stereocenters. The summed E-state index contributed by atoms with van der Waals surface area (Å²) in [6.07, 6.45) is 0.687. The monoisotopic (exact) mass is 465 g/mol. The Bertz CT molecular complexity index is 1220. The number of amides is 1. The van der Waals surface area contributed by atoms with Crippen molar-refractivity contribution < 1.29 is 14.7 Å². The second-order valence-corrected chi connectivity index (χ2v) is 8.52. The van der Waals surface area contributed by atoms with Gasteiger partial charge in [-0.3, -0.25) is 14.5 Å². The largest absolute Gasteiger partial charge is 0.503 e. The van der Waals surface area contributed by atoms with Gasteiger partial charge in [-0.25, -0.2) is 0 Å². The second-order valence-electron chi connectivity index (χ2n) is 7.70. The molecule has 3 aromatic carbocycles. The van der Waals surface area contributed by atoms with Crippen LogP contribution < -0.4 is 4.90 Å². The number of hydrogen-bond acceptors (Lipinski definition) is 3. The summed E-state index contributed by atoms with van der Waals surface area (Å²) < 4.78 is 0. The number of benzene rings is 3. The first-order valence-corrected chi connectivity index (χ1v) is 11.0. The zero-order chi connectivity index (χ0) is 22.8. The molecule has 0 spiro atoms. The predicted molar refractivity (Wildman–Crippen MR) is 127 cm³/mol. The highest BCUT2D eigenvalue weighted by molar-refractivity contribution is 6.42. The first kappa shape index (κ1) is 22.1. The first-order valence-electron chi connectivity index (χ1n) is 10.2. The first-order chi connectivity index (χ1) is 15.4. The van der Waals surface area contributed by atoms with Crippen molar-refractivity contribution >= 4 is 40.6 Å². The van der Waals surface area contributed by atoms with Gasteiger partial charge < -0.3 is 5.11 Å². The molecule has 3 aromatic rings. The van der Waals surface area contributed by atoms with E-state index in [-0.39, 0.29) is 22.8 Å². The van der Waals surface area contributed by atoms with Crippen molar-refractivity contribution in [3.05, 3.63) is 111 Å². The number of rotatable bonds is 6. The number of aliphatic hydroxyl groups excluding tert-OH is 1. The highest BCUT2D eigenvalue weighted by Gasteiger charge is 2.44. The molecule has 0 saturated carbocycles. The Morgan fingerprint density at radius 2 is 1.66 bits per heavy atom. The van der Waals surface area contributed by atoms with Crippen LogP contribution in [0.15, 0.2) is 84.1 Å². The van der Waals surface area contributed by atoms with Gasteiger partial charge in [0, 0.05) is 12.1 Å². The average Bonchev–Trinajstić information content (AvgIpc) is 3.05. The van der Waals surface area contributed by atoms with Crippen LogP contribution in [0, 0.1) is 6.92 Å². The van der Waals surface area contributed by atoms with E-state index in [1.165, 1.54) is 4.90 Å². The number of ketones is 1.